The molecule has 19 heavy (non-hydrogen) atoms. The van der Waals surface area contributed by atoms with Crippen molar-refractivity contribution in [1.29, 1.82) is 0 Å². The summed E-state index contributed by atoms with van der Waals surface area (Å²) in [6, 6.07) is 3.81. The quantitative estimate of drug-likeness (QED) is 0.609. The highest BCUT2D eigenvalue weighted by molar-refractivity contribution is 5.78. The number of rotatable bonds is 6. The lowest BCUT2D eigenvalue weighted by atomic mass is 9.98. The fourth-order valence-corrected chi connectivity index (χ4v) is 1.49. The number of carbonyl (C=O) groups is 1. The molecule has 0 spiro atoms. The van der Waals surface area contributed by atoms with Crippen LogP contribution in [-0.4, -0.2) is 21.5 Å². The summed E-state index contributed by atoms with van der Waals surface area (Å²) < 4.78 is 13.8. The van der Waals surface area contributed by atoms with Gasteiger partial charge in [-0.2, -0.15) is 4.39 Å². The Morgan fingerprint density at radius 1 is 1.58 bits per heavy atom. The molecule has 0 amide bonds. The lowest BCUT2D eigenvalue weighted by molar-refractivity contribution is -0.387. The van der Waals surface area contributed by atoms with E-state index >= 15 is 0 Å². The van der Waals surface area contributed by atoms with Crippen LogP contribution in [0.15, 0.2) is 18.2 Å². The van der Waals surface area contributed by atoms with Crippen LogP contribution in [0.5, 0.6) is 0 Å². The van der Waals surface area contributed by atoms with Gasteiger partial charge in [-0.15, -0.1) is 0 Å². The third-order valence-corrected chi connectivity index (χ3v) is 3.10. The van der Waals surface area contributed by atoms with Crippen molar-refractivity contribution in [1.82, 2.24) is 5.32 Å². The molecule has 1 aromatic carbocycles. The van der Waals surface area contributed by atoms with Crippen LogP contribution < -0.4 is 5.32 Å². The van der Waals surface area contributed by atoms with Gasteiger partial charge in [0.15, 0.2) is 0 Å². The summed E-state index contributed by atoms with van der Waals surface area (Å²) in [6.45, 7) is 3.07. The molecule has 0 aliphatic carbocycles. The van der Waals surface area contributed by atoms with E-state index in [2.05, 4.69) is 5.32 Å². The van der Waals surface area contributed by atoms with Gasteiger partial charge in [0.05, 0.1) is 4.92 Å². The number of nitrogens with one attached hydrogen (secondary N) is 1. The Bertz CT molecular complexity index is 507. The smallest absolute Gasteiger partial charge is 0.323 e. The standard InChI is InChI=1S/C12H15FN2O4/c1-3-12(2,11(16)17)14-7-8-5-4-6-9(10(8)13)15(18)19/h4-6,14H,3,7H2,1-2H3,(H,16,17). The molecule has 1 unspecified atom stereocenters. The number of benzene rings is 1. The lowest BCUT2D eigenvalue weighted by Crippen LogP contribution is -2.48. The van der Waals surface area contributed by atoms with Crippen molar-refractivity contribution >= 4 is 11.7 Å². The van der Waals surface area contributed by atoms with Gasteiger partial charge in [0, 0.05) is 18.2 Å². The number of hydrogen-bond donors (Lipinski definition) is 2. The molecule has 0 radical (unpaired) electrons. The summed E-state index contributed by atoms with van der Waals surface area (Å²) in [7, 11) is 0. The van der Waals surface area contributed by atoms with Gasteiger partial charge >= 0.3 is 11.7 Å². The van der Waals surface area contributed by atoms with Crippen molar-refractivity contribution in [3.8, 4) is 0 Å². The maximum atomic E-state index is 13.8. The van der Waals surface area contributed by atoms with Crippen LogP contribution in [0.1, 0.15) is 25.8 Å². The molecule has 0 aromatic heterocycles. The Hall–Kier alpha value is -2.02. The summed E-state index contributed by atoms with van der Waals surface area (Å²) in [4.78, 5) is 20.8. The second-order valence-corrected chi connectivity index (χ2v) is 4.35. The Morgan fingerprint density at radius 3 is 2.68 bits per heavy atom. The Balaban J connectivity index is 2.93. The third kappa shape index (κ3) is 3.25. The lowest BCUT2D eigenvalue weighted by Gasteiger charge is -2.24. The van der Waals surface area contributed by atoms with E-state index in [0.717, 1.165) is 6.07 Å². The molecule has 1 rings (SSSR count). The van der Waals surface area contributed by atoms with Crippen molar-refractivity contribution in [3.05, 3.63) is 39.7 Å². The number of carboxylic acid groups (broad SMARTS) is 1. The Labute approximate surface area is 109 Å². The summed E-state index contributed by atoms with van der Waals surface area (Å²) in [5, 5.41) is 22.4. The maximum absolute atomic E-state index is 13.8. The second-order valence-electron chi connectivity index (χ2n) is 4.35. The highest BCUT2D eigenvalue weighted by atomic mass is 19.1. The molecule has 0 bridgehead atoms. The monoisotopic (exact) mass is 270 g/mol. The Morgan fingerprint density at radius 2 is 2.21 bits per heavy atom. The third-order valence-electron chi connectivity index (χ3n) is 3.10. The van der Waals surface area contributed by atoms with Gasteiger partial charge < -0.3 is 5.11 Å². The Kier molecular flexibility index (Phi) is 4.55. The number of aliphatic carboxylic acids is 1. The number of nitrogens with zero attached hydrogens (tertiary/aromatic N) is 1. The van der Waals surface area contributed by atoms with Crippen molar-refractivity contribution in [2.45, 2.75) is 32.4 Å². The summed E-state index contributed by atoms with van der Waals surface area (Å²) in [6.07, 6.45) is 0.304. The molecule has 0 fully saturated rings. The van der Waals surface area contributed by atoms with Gasteiger partial charge in [0.25, 0.3) is 0 Å². The molecule has 6 nitrogen and oxygen atoms in total. The van der Waals surface area contributed by atoms with E-state index in [4.69, 9.17) is 5.11 Å². The van der Waals surface area contributed by atoms with Crippen molar-refractivity contribution < 1.29 is 19.2 Å². The largest absolute Gasteiger partial charge is 0.480 e. The predicted molar refractivity (Wildman–Crippen MR) is 66.2 cm³/mol. The van der Waals surface area contributed by atoms with Crippen LogP contribution in [-0.2, 0) is 11.3 Å². The van der Waals surface area contributed by atoms with Gasteiger partial charge in [-0.25, -0.2) is 0 Å². The molecule has 0 heterocycles. The molecular weight excluding hydrogens is 255 g/mol. The summed E-state index contributed by atoms with van der Waals surface area (Å²) >= 11 is 0. The molecular formula is C12H15FN2O4. The van der Waals surface area contributed by atoms with Gasteiger partial charge in [-0.3, -0.25) is 20.2 Å². The summed E-state index contributed by atoms with van der Waals surface area (Å²) in [5.41, 5.74) is -1.75. The van der Waals surface area contributed by atoms with Crippen LogP contribution in [0.4, 0.5) is 10.1 Å². The SMILES string of the molecule is CCC(C)(NCc1cccc([N+](=O)[O-])c1F)C(=O)O. The number of nitro groups is 1. The minimum absolute atomic E-state index is 0.0649. The predicted octanol–water partition coefficient (Wildman–Crippen LogP) is 2.08. The van der Waals surface area contributed by atoms with E-state index in [0.29, 0.717) is 6.42 Å². The van der Waals surface area contributed by atoms with Crippen LogP contribution >= 0.6 is 0 Å². The molecule has 1 aromatic rings. The molecule has 7 heteroatoms. The number of carboxylic acids is 1. The minimum Gasteiger partial charge on any atom is -0.480 e. The molecule has 0 aliphatic heterocycles. The fourth-order valence-electron chi connectivity index (χ4n) is 1.49. The normalized spacial score (nSPS) is 13.8. The summed E-state index contributed by atoms with van der Waals surface area (Å²) in [5.74, 6) is -2.00. The van der Waals surface area contributed by atoms with Crippen molar-refractivity contribution in [2.75, 3.05) is 0 Å². The zero-order valence-electron chi connectivity index (χ0n) is 10.6. The fraction of sp³-hybridized carbons (Fsp3) is 0.417. The molecule has 0 saturated carbocycles. The van der Waals surface area contributed by atoms with Crippen LogP contribution in [0.3, 0.4) is 0 Å². The van der Waals surface area contributed by atoms with Crippen LogP contribution in [0.2, 0.25) is 0 Å². The first-order valence-electron chi connectivity index (χ1n) is 5.72. The van der Waals surface area contributed by atoms with E-state index in [1.54, 1.807) is 6.92 Å². The molecule has 1 atom stereocenters. The number of hydrogen-bond acceptors (Lipinski definition) is 4. The van der Waals surface area contributed by atoms with Gasteiger partial charge in [0.2, 0.25) is 5.82 Å². The molecule has 2 N–H and O–H groups in total. The first-order chi connectivity index (χ1) is 8.81. The van der Waals surface area contributed by atoms with Crippen LogP contribution in [0, 0.1) is 15.9 Å². The zero-order chi connectivity index (χ0) is 14.6. The van der Waals surface area contributed by atoms with E-state index in [1.807, 2.05) is 0 Å². The van der Waals surface area contributed by atoms with E-state index in [9.17, 15) is 19.3 Å². The molecule has 0 aliphatic rings. The van der Waals surface area contributed by atoms with E-state index in [-0.39, 0.29) is 12.1 Å². The molecule has 0 saturated heterocycles. The average molecular weight is 270 g/mol. The first-order valence-corrected chi connectivity index (χ1v) is 5.72. The van der Waals surface area contributed by atoms with Crippen molar-refractivity contribution in [3.63, 3.8) is 0 Å². The van der Waals surface area contributed by atoms with Gasteiger partial charge in [-0.05, 0) is 13.3 Å². The second kappa shape index (κ2) is 5.75. The highest BCUT2D eigenvalue weighted by Crippen LogP contribution is 2.21. The van der Waals surface area contributed by atoms with Crippen LogP contribution in [0.25, 0.3) is 0 Å². The van der Waals surface area contributed by atoms with Crippen molar-refractivity contribution in [2.24, 2.45) is 0 Å². The average Bonchev–Trinajstić information content (AvgIpc) is 2.36. The van der Waals surface area contributed by atoms with Gasteiger partial charge in [0.1, 0.15) is 5.54 Å². The zero-order valence-corrected chi connectivity index (χ0v) is 10.6. The van der Waals surface area contributed by atoms with E-state index in [1.165, 1.54) is 19.1 Å². The van der Waals surface area contributed by atoms with E-state index < -0.39 is 27.9 Å². The number of halogens is 1. The topological polar surface area (TPSA) is 92.5 Å². The number of nitro benzene ring substituents is 1. The minimum atomic E-state index is -1.20. The van der Waals surface area contributed by atoms with Gasteiger partial charge in [-0.1, -0.05) is 19.1 Å². The first kappa shape index (κ1) is 15.0. The maximum Gasteiger partial charge on any atom is 0.323 e. The molecule has 104 valence electrons. The highest BCUT2D eigenvalue weighted by Gasteiger charge is 2.30.